The van der Waals surface area contributed by atoms with E-state index in [1.54, 1.807) is 4.90 Å². The number of rotatable bonds is 15. The summed E-state index contributed by atoms with van der Waals surface area (Å²) in [6.07, 6.45) is 12.1. The van der Waals surface area contributed by atoms with Gasteiger partial charge >= 0.3 is 0 Å². The number of hydrogen-bond acceptors (Lipinski definition) is 5. The SMILES string of the molecule is CCCCCCCCCC=CN(CC(O)CO)CC(O)CO. The highest BCUT2D eigenvalue weighted by atomic mass is 16.3. The first kappa shape index (κ1) is 21.4. The maximum Gasteiger partial charge on any atom is 0.0945 e. The first-order chi connectivity index (χ1) is 10.6. The van der Waals surface area contributed by atoms with Gasteiger partial charge in [0.05, 0.1) is 25.4 Å². The van der Waals surface area contributed by atoms with E-state index < -0.39 is 12.2 Å². The lowest BCUT2D eigenvalue weighted by Crippen LogP contribution is -2.37. The second kappa shape index (κ2) is 15.3. The summed E-state index contributed by atoms with van der Waals surface area (Å²) in [7, 11) is 0. The van der Waals surface area contributed by atoms with Crippen LogP contribution >= 0.6 is 0 Å². The predicted molar refractivity (Wildman–Crippen MR) is 89.5 cm³/mol. The molecule has 5 heteroatoms. The van der Waals surface area contributed by atoms with Gasteiger partial charge in [-0.2, -0.15) is 0 Å². The number of allylic oxidation sites excluding steroid dienone is 1. The maximum absolute atomic E-state index is 9.49. The van der Waals surface area contributed by atoms with Crippen LogP contribution in [0.5, 0.6) is 0 Å². The van der Waals surface area contributed by atoms with E-state index in [4.69, 9.17) is 10.2 Å². The monoisotopic (exact) mass is 317 g/mol. The van der Waals surface area contributed by atoms with Crippen molar-refractivity contribution in [2.75, 3.05) is 26.3 Å². The van der Waals surface area contributed by atoms with Crippen molar-refractivity contribution in [2.24, 2.45) is 0 Å². The standard InChI is InChI=1S/C17H35NO4/c1-2-3-4-5-6-7-8-9-10-11-18(12-16(21)14-19)13-17(22)15-20/h10-11,16-17,19-22H,2-9,12-15H2,1H3. The van der Waals surface area contributed by atoms with Crippen LogP contribution in [0.3, 0.4) is 0 Å². The Morgan fingerprint density at radius 3 is 1.82 bits per heavy atom. The fraction of sp³-hybridized carbons (Fsp3) is 0.882. The number of aliphatic hydroxyl groups is 4. The topological polar surface area (TPSA) is 84.2 Å². The molecule has 0 saturated heterocycles. The van der Waals surface area contributed by atoms with E-state index in [-0.39, 0.29) is 26.3 Å². The third kappa shape index (κ3) is 13.1. The molecule has 0 spiro atoms. The van der Waals surface area contributed by atoms with Crippen molar-refractivity contribution in [3.63, 3.8) is 0 Å². The van der Waals surface area contributed by atoms with Crippen molar-refractivity contribution in [2.45, 2.75) is 70.5 Å². The Hall–Kier alpha value is -0.620. The Morgan fingerprint density at radius 1 is 0.818 bits per heavy atom. The van der Waals surface area contributed by atoms with Crippen molar-refractivity contribution in [1.82, 2.24) is 4.90 Å². The fourth-order valence-electron chi connectivity index (χ4n) is 2.30. The predicted octanol–water partition coefficient (Wildman–Crippen LogP) is 1.65. The largest absolute Gasteiger partial charge is 0.394 e. The number of nitrogens with zero attached hydrogens (tertiary/aromatic N) is 1. The third-order valence-corrected chi connectivity index (χ3v) is 3.60. The lowest BCUT2D eigenvalue weighted by Gasteiger charge is -2.24. The lowest BCUT2D eigenvalue weighted by atomic mass is 10.1. The summed E-state index contributed by atoms with van der Waals surface area (Å²) < 4.78 is 0. The van der Waals surface area contributed by atoms with Gasteiger partial charge in [-0.3, -0.25) is 0 Å². The van der Waals surface area contributed by atoms with Crippen molar-refractivity contribution in [3.05, 3.63) is 12.3 Å². The van der Waals surface area contributed by atoms with Gasteiger partial charge in [0, 0.05) is 13.1 Å². The minimum atomic E-state index is -0.839. The average Bonchev–Trinajstić information content (AvgIpc) is 2.52. The first-order valence-corrected chi connectivity index (χ1v) is 8.62. The van der Waals surface area contributed by atoms with E-state index >= 15 is 0 Å². The van der Waals surface area contributed by atoms with Gasteiger partial charge in [0.25, 0.3) is 0 Å². The van der Waals surface area contributed by atoms with Crippen LogP contribution in [0.1, 0.15) is 58.3 Å². The highest BCUT2D eigenvalue weighted by molar-refractivity contribution is 4.85. The Balaban J connectivity index is 3.87. The second-order valence-electron chi connectivity index (χ2n) is 5.92. The molecule has 4 N–H and O–H groups in total. The van der Waals surface area contributed by atoms with Crippen LogP contribution in [0.15, 0.2) is 12.3 Å². The minimum absolute atomic E-state index is 0.251. The highest BCUT2D eigenvalue weighted by Gasteiger charge is 2.11. The lowest BCUT2D eigenvalue weighted by molar-refractivity contribution is 0.0393. The summed E-state index contributed by atoms with van der Waals surface area (Å²) in [4.78, 5) is 1.74. The van der Waals surface area contributed by atoms with E-state index in [9.17, 15) is 10.2 Å². The summed E-state index contributed by atoms with van der Waals surface area (Å²) in [6, 6.07) is 0. The van der Waals surface area contributed by atoms with E-state index in [0.29, 0.717) is 0 Å². The molecule has 0 bridgehead atoms. The molecule has 0 rings (SSSR count). The van der Waals surface area contributed by atoms with E-state index in [0.717, 1.165) is 12.8 Å². The molecule has 2 unspecified atom stereocenters. The van der Waals surface area contributed by atoms with E-state index in [1.165, 1.54) is 38.5 Å². The van der Waals surface area contributed by atoms with Crippen molar-refractivity contribution in [3.8, 4) is 0 Å². The molecule has 0 aliphatic carbocycles. The molecule has 0 aromatic heterocycles. The molecule has 0 heterocycles. The molecule has 2 atom stereocenters. The Kier molecular flexibility index (Phi) is 14.9. The van der Waals surface area contributed by atoms with E-state index in [2.05, 4.69) is 6.92 Å². The summed E-state index contributed by atoms with van der Waals surface area (Å²) >= 11 is 0. The molecule has 0 fully saturated rings. The van der Waals surface area contributed by atoms with E-state index in [1.807, 2.05) is 12.3 Å². The van der Waals surface area contributed by atoms with Gasteiger partial charge in [-0.25, -0.2) is 0 Å². The molecule has 0 saturated carbocycles. The van der Waals surface area contributed by atoms with Crippen LogP contribution in [0.2, 0.25) is 0 Å². The normalized spacial score (nSPS) is 14.4. The zero-order valence-corrected chi connectivity index (χ0v) is 14.0. The van der Waals surface area contributed by atoms with Gasteiger partial charge < -0.3 is 25.3 Å². The molecule has 0 aromatic rings. The van der Waals surface area contributed by atoms with Gasteiger partial charge in [0.1, 0.15) is 0 Å². The summed E-state index contributed by atoms with van der Waals surface area (Å²) in [5, 5.41) is 36.8. The molecular weight excluding hydrogens is 282 g/mol. The van der Waals surface area contributed by atoms with Crippen LogP contribution in [0.4, 0.5) is 0 Å². The molecule has 132 valence electrons. The van der Waals surface area contributed by atoms with Gasteiger partial charge in [-0.1, -0.05) is 51.5 Å². The molecule has 0 amide bonds. The van der Waals surface area contributed by atoms with Gasteiger partial charge in [-0.05, 0) is 19.0 Å². The van der Waals surface area contributed by atoms with Gasteiger partial charge in [0.15, 0.2) is 0 Å². The van der Waals surface area contributed by atoms with Crippen LogP contribution in [-0.4, -0.2) is 63.8 Å². The number of aliphatic hydroxyl groups excluding tert-OH is 4. The van der Waals surface area contributed by atoms with Crippen molar-refractivity contribution < 1.29 is 20.4 Å². The Labute approximate surface area is 135 Å². The highest BCUT2D eigenvalue weighted by Crippen LogP contribution is 2.09. The van der Waals surface area contributed by atoms with Crippen molar-refractivity contribution >= 4 is 0 Å². The van der Waals surface area contributed by atoms with Crippen LogP contribution in [0.25, 0.3) is 0 Å². The second-order valence-corrected chi connectivity index (χ2v) is 5.92. The molecular formula is C17H35NO4. The van der Waals surface area contributed by atoms with Crippen LogP contribution in [-0.2, 0) is 0 Å². The molecule has 22 heavy (non-hydrogen) atoms. The molecule has 5 nitrogen and oxygen atoms in total. The summed E-state index contributed by atoms with van der Waals surface area (Å²) in [5.74, 6) is 0. The average molecular weight is 317 g/mol. The number of unbranched alkanes of at least 4 members (excludes halogenated alkanes) is 7. The van der Waals surface area contributed by atoms with Crippen LogP contribution < -0.4 is 0 Å². The zero-order valence-electron chi connectivity index (χ0n) is 14.0. The third-order valence-electron chi connectivity index (χ3n) is 3.60. The molecule has 0 radical (unpaired) electrons. The maximum atomic E-state index is 9.49. The first-order valence-electron chi connectivity index (χ1n) is 8.62. The summed E-state index contributed by atoms with van der Waals surface area (Å²) in [5.41, 5.74) is 0. The quantitative estimate of drug-likeness (QED) is 0.345. The fourth-order valence-corrected chi connectivity index (χ4v) is 2.30. The smallest absolute Gasteiger partial charge is 0.0945 e. The minimum Gasteiger partial charge on any atom is -0.394 e. The Morgan fingerprint density at radius 2 is 1.32 bits per heavy atom. The molecule has 0 aliphatic heterocycles. The van der Waals surface area contributed by atoms with Crippen molar-refractivity contribution in [1.29, 1.82) is 0 Å². The number of hydrogen-bond donors (Lipinski definition) is 4. The van der Waals surface area contributed by atoms with Gasteiger partial charge in [0.2, 0.25) is 0 Å². The summed E-state index contributed by atoms with van der Waals surface area (Å²) in [6.45, 7) is 2.11. The molecule has 0 aliphatic rings. The zero-order chi connectivity index (χ0) is 16.6. The van der Waals surface area contributed by atoms with Crippen LogP contribution in [0, 0.1) is 0 Å². The molecule has 0 aromatic carbocycles. The Bertz CT molecular complexity index is 249. The van der Waals surface area contributed by atoms with Gasteiger partial charge in [-0.15, -0.1) is 0 Å².